The van der Waals surface area contributed by atoms with Crippen molar-refractivity contribution in [1.82, 2.24) is 15.6 Å². The van der Waals surface area contributed by atoms with Gasteiger partial charge >= 0.3 is 0 Å². The Bertz CT molecular complexity index is 678. The van der Waals surface area contributed by atoms with Crippen LogP contribution in [0.25, 0.3) is 10.4 Å². The van der Waals surface area contributed by atoms with E-state index >= 15 is 0 Å². The van der Waals surface area contributed by atoms with Gasteiger partial charge in [0.2, 0.25) is 5.91 Å². The van der Waals surface area contributed by atoms with Gasteiger partial charge in [0.25, 0.3) is 0 Å². The molecule has 2 aromatic rings. The molecule has 1 aromatic heterocycles. The van der Waals surface area contributed by atoms with E-state index in [-0.39, 0.29) is 17.7 Å². The van der Waals surface area contributed by atoms with E-state index in [0.29, 0.717) is 6.54 Å². The average molecular weight is 317 g/mol. The predicted octanol–water partition coefficient (Wildman–Crippen LogP) is 2.19. The number of carbonyl (C=O) groups is 1. The first kappa shape index (κ1) is 15.0. The zero-order valence-corrected chi connectivity index (χ0v) is 13.2. The highest BCUT2D eigenvalue weighted by atomic mass is 32.1. The molecular weight excluding hydrogens is 298 g/mol. The third-order valence-electron chi connectivity index (χ3n) is 3.92. The average Bonchev–Trinajstić information content (AvgIpc) is 3.17. The Balaban J connectivity index is 1.67. The van der Waals surface area contributed by atoms with Gasteiger partial charge in [-0.15, -0.1) is 11.3 Å². The summed E-state index contributed by atoms with van der Waals surface area (Å²) in [6, 6.07) is 5.44. The van der Waals surface area contributed by atoms with Gasteiger partial charge in [0.05, 0.1) is 22.1 Å². The van der Waals surface area contributed by atoms with Crippen LogP contribution in [0.5, 0.6) is 5.75 Å². The van der Waals surface area contributed by atoms with Crippen molar-refractivity contribution in [2.45, 2.75) is 32.4 Å². The first-order valence-corrected chi connectivity index (χ1v) is 8.26. The molecule has 0 spiro atoms. The zero-order valence-electron chi connectivity index (χ0n) is 12.4. The quantitative estimate of drug-likeness (QED) is 0.808. The number of aromatic nitrogens is 1. The number of hydrogen-bond acceptors (Lipinski definition) is 5. The Hall–Kier alpha value is -1.92. The van der Waals surface area contributed by atoms with Crippen molar-refractivity contribution in [2.75, 3.05) is 6.54 Å². The molecule has 0 saturated carbocycles. The van der Waals surface area contributed by atoms with Gasteiger partial charge in [-0.25, -0.2) is 4.98 Å². The van der Waals surface area contributed by atoms with Crippen LogP contribution in [0.4, 0.5) is 0 Å². The van der Waals surface area contributed by atoms with E-state index in [1.54, 1.807) is 22.9 Å². The number of carbonyl (C=O) groups excluding carboxylic acids is 1. The smallest absolute Gasteiger partial charge is 0.237 e. The number of nitrogens with zero attached hydrogens (tertiary/aromatic N) is 1. The summed E-state index contributed by atoms with van der Waals surface area (Å²) < 4.78 is 0. The molecule has 1 aliphatic heterocycles. The lowest BCUT2D eigenvalue weighted by molar-refractivity contribution is -0.122. The van der Waals surface area contributed by atoms with Crippen molar-refractivity contribution in [1.29, 1.82) is 0 Å². The molecule has 1 aliphatic rings. The molecule has 22 heavy (non-hydrogen) atoms. The summed E-state index contributed by atoms with van der Waals surface area (Å²) in [5.41, 5.74) is 4.42. The predicted molar refractivity (Wildman–Crippen MR) is 86.8 cm³/mol. The van der Waals surface area contributed by atoms with E-state index in [1.807, 2.05) is 19.1 Å². The van der Waals surface area contributed by atoms with Crippen LogP contribution in [0.3, 0.4) is 0 Å². The maximum Gasteiger partial charge on any atom is 0.237 e. The van der Waals surface area contributed by atoms with E-state index in [1.165, 1.54) is 0 Å². The molecule has 2 heterocycles. The Morgan fingerprint density at radius 1 is 1.55 bits per heavy atom. The van der Waals surface area contributed by atoms with E-state index in [2.05, 4.69) is 15.6 Å². The van der Waals surface area contributed by atoms with Gasteiger partial charge in [-0.1, -0.05) is 12.1 Å². The fourth-order valence-corrected chi connectivity index (χ4v) is 3.45. The van der Waals surface area contributed by atoms with Crippen LogP contribution in [0.15, 0.2) is 23.7 Å². The minimum atomic E-state index is -0.0961. The molecule has 1 amide bonds. The van der Waals surface area contributed by atoms with Gasteiger partial charge in [-0.05, 0) is 37.9 Å². The van der Waals surface area contributed by atoms with Crippen LogP contribution in [0, 0.1) is 6.92 Å². The number of aromatic hydroxyl groups is 1. The molecule has 0 unspecified atom stereocenters. The highest BCUT2D eigenvalue weighted by molar-refractivity contribution is 7.13. The maximum atomic E-state index is 12.0. The van der Waals surface area contributed by atoms with Crippen LogP contribution >= 0.6 is 11.3 Å². The standard InChI is InChI=1S/C16H19N3O2S/c1-10-15(22-9-19-10)11-4-5-12(14(20)7-11)8-18-16(21)13-3-2-6-17-13/h4-5,7,9,13,17,20H,2-3,6,8H2,1H3,(H,18,21)/t13-/m0/s1. The summed E-state index contributed by atoms with van der Waals surface area (Å²) in [4.78, 5) is 17.2. The van der Waals surface area contributed by atoms with Crippen molar-refractivity contribution in [3.63, 3.8) is 0 Å². The third-order valence-corrected chi connectivity index (χ3v) is 4.90. The molecule has 1 fully saturated rings. The lowest BCUT2D eigenvalue weighted by Crippen LogP contribution is -2.39. The third kappa shape index (κ3) is 3.13. The number of thiazole rings is 1. The highest BCUT2D eigenvalue weighted by Crippen LogP contribution is 2.31. The van der Waals surface area contributed by atoms with E-state index in [0.717, 1.165) is 41.1 Å². The minimum absolute atomic E-state index is 0.000669. The number of hydrogen-bond donors (Lipinski definition) is 3. The SMILES string of the molecule is Cc1ncsc1-c1ccc(CNC(=O)[C@@H]2CCCN2)c(O)c1. The first-order chi connectivity index (χ1) is 10.6. The largest absolute Gasteiger partial charge is 0.508 e. The van der Waals surface area contributed by atoms with Crippen LogP contribution in [0.2, 0.25) is 0 Å². The summed E-state index contributed by atoms with van der Waals surface area (Å²) in [6.07, 6.45) is 1.91. The number of nitrogens with one attached hydrogen (secondary N) is 2. The fourth-order valence-electron chi connectivity index (χ4n) is 2.65. The molecule has 1 saturated heterocycles. The fraction of sp³-hybridized carbons (Fsp3) is 0.375. The second-order valence-corrected chi connectivity index (χ2v) is 6.33. The van der Waals surface area contributed by atoms with E-state index < -0.39 is 0 Å². The number of amides is 1. The maximum absolute atomic E-state index is 12.0. The summed E-state index contributed by atoms with van der Waals surface area (Å²) in [7, 11) is 0. The summed E-state index contributed by atoms with van der Waals surface area (Å²) >= 11 is 1.55. The molecule has 0 bridgehead atoms. The lowest BCUT2D eigenvalue weighted by atomic mass is 10.1. The van der Waals surface area contributed by atoms with Gasteiger partial charge in [0, 0.05) is 12.1 Å². The molecule has 1 atom stereocenters. The molecule has 1 aromatic carbocycles. The summed E-state index contributed by atoms with van der Waals surface area (Å²) in [6.45, 7) is 3.18. The lowest BCUT2D eigenvalue weighted by Gasteiger charge is -2.12. The Morgan fingerprint density at radius 2 is 2.41 bits per heavy atom. The number of benzene rings is 1. The van der Waals surface area contributed by atoms with Gasteiger partial charge in [-0.3, -0.25) is 4.79 Å². The second-order valence-electron chi connectivity index (χ2n) is 5.48. The molecule has 6 heteroatoms. The molecule has 3 N–H and O–H groups in total. The van der Waals surface area contributed by atoms with Gasteiger partial charge in [0.1, 0.15) is 5.75 Å². The highest BCUT2D eigenvalue weighted by Gasteiger charge is 2.21. The van der Waals surface area contributed by atoms with Gasteiger partial charge in [0.15, 0.2) is 0 Å². The number of rotatable bonds is 4. The van der Waals surface area contributed by atoms with Crippen LogP contribution < -0.4 is 10.6 Å². The normalized spacial score (nSPS) is 17.6. The number of aryl methyl sites for hydroxylation is 1. The molecule has 0 radical (unpaired) electrons. The van der Waals surface area contributed by atoms with Crippen molar-refractivity contribution >= 4 is 17.2 Å². The minimum Gasteiger partial charge on any atom is -0.508 e. The summed E-state index contributed by atoms with van der Waals surface area (Å²) in [5, 5.41) is 16.2. The van der Waals surface area contributed by atoms with Crippen molar-refractivity contribution < 1.29 is 9.90 Å². The number of phenols is 1. The van der Waals surface area contributed by atoms with Crippen LogP contribution in [0.1, 0.15) is 24.1 Å². The van der Waals surface area contributed by atoms with E-state index in [4.69, 9.17) is 0 Å². The molecule has 116 valence electrons. The Kier molecular flexibility index (Phi) is 4.40. The Morgan fingerprint density at radius 3 is 3.05 bits per heavy atom. The monoisotopic (exact) mass is 317 g/mol. The Labute approximate surface area is 133 Å². The van der Waals surface area contributed by atoms with Crippen LogP contribution in [-0.2, 0) is 11.3 Å². The molecule has 5 nitrogen and oxygen atoms in total. The molecule has 3 rings (SSSR count). The topological polar surface area (TPSA) is 74.2 Å². The van der Waals surface area contributed by atoms with Crippen molar-refractivity contribution in [2.24, 2.45) is 0 Å². The number of phenolic OH excluding ortho intramolecular Hbond substituents is 1. The first-order valence-electron chi connectivity index (χ1n) is 7.38. The van der Waals surface area contributed by atoms with E-state index in [9.17, 15) is 9.90 Å². The zero-order chi connectivity index (χ0) is 15.5. The molecular formula is C16H19N3O2S. The van der Waals surface area contributed by atoms with Gasteiger partial charge < -0.3 is 15.7 Å². The van der Waals surface area contributed by atoms with Gasteiger partial charge in [-0.2, -0.15) is 0 Å². The molecule has 0 aliphatic carbocycles. The van der Waals surface area contributed by atoms with Crippen molar-refractivity contribution in [3.8, 4) is 16.2 Å². The second kappa shape index (κ2) is 6.46. The summed E-state index contributed by atoms with van der Waals surface area (Å²) in [5.74, 6) is 0.198. The van der Waals surface area contributed by atoms with Crippen LogP contribution in [-0.4, -0.2) is 28.6 Å². The van der Waals surface area contributed by atoms with Crippen molar-refractivity contribution in [3.05, 3.63) is 35.0 Å².